The van der Waals surface area contributed by atoms with Gasteiger partial charge in [0.15, 0.2) is 0 Å². The first kappa shape index (κ1) is 5.58. The second-order valence-corrected chi connectivity index (χ2v) is 4.93. The fraction of sp³-hybridized carbons (Fsp3) is 1.00. The Morgan fingerprint density at radius 2 is 1.82 bits per heavy atom. The minimum Gasteiger partial charge on any atom is -0.370 e. The molecule has 0 aromatic heterocycles. The first-order valence-electron chi connectivity index (χ1n) is 5.09. The summed E-state index contributed by atoms with van der Waals surface area (Å²) in [6.07, 6.45) is 7.29. The fourth-order valence-corrected chi connectivity index (χ4v) is 3.31. The summed E-state index contributed by atoms with van der Waals surface area (Å²) in [4.78, 5) is 0. The highest BCUT2D eigenvalue weighted by molar-refractivity contribution is 5.15. The molecule has 3 aliphatic carbocycles. The van der Waals surface area contributed by atoms with Gasteiger partial charge in [-0.2, -0.15) is 0 Å². The van der Waals surface area contributed by atoms with Crippen molar-refractivity contribution in [1.29, 1.82) is 0 Å². The zero-order valence-corrected chi connectivity index (χ0v) is 6.70. The van der Waals surface area contributed by atoms with E-state index in [-0.39, 0.29) is 0 Å². The number of epoxide rings is 1. The van der Waals surface area contributed by atoms with Gasteiger partial charge in [-0.15, -0.1) is 0 Å². The number of fused-ring (bicyclic) bond motifs is 2. The lowest BCUT2D eigenvalue weighted by Crippen LogP contribution is -2.17. The molecule has 1 aliphatic heterocycles. The van der Waals surface area contributed by atoms with Crippen LogP contribution < -0.4 is 0 Å². The van der Waals surface area contributed by atoms with Crippen LogP contribution in [-0.2, 0) is 4.74 Å². The zero-order chi connectivity index (χ0) is 7.00. The topological polar surface area (TPSA) is 12.5 Å². The quantitative estimate of drug-likeness (QED) is 0.519. The molecule has 5 unspecified atom stereocenters. The van der Waals surface area contributed by atoms with E-state index in [2.05, 4.69) is 0 Å². The van der Waals surface area contributed by atoms with Gasteiger partial charge in [0.1, 0.15) is 0 Å². The van der Waals surface area contributed by atoms with Crippen molar-refractivity contribution in [3.05, 3.63) is 0 Å². The van der Waals surface area contributed by atoms with E-state index in [9.17, 15) is 0 Å². The van der Waals surface area contributed by atoms with Gasteiger partial charge in [0.25, 0.3) is 0 Å². The van der Waals surface area contributed by atoms with Crippen LogP contribution in [0.5, 0.6) is 0 Å². The van der Waals surface area contributed by atoms with Gasteiger partial charge in [0.2, 0.25) is 0 Å². The summed E-state index contributed by atoms with van der Waals surface area (Å²) in [5.41, 5.74) is 0. The Balaban J connectivity index is 1.48. The van der Waals surface area contributed by atoms with Crippen LogP contribution >= 0.6 is 0 Å². The number of hydrogen-bond acceptors (Lipinski definition) is 1. The van der Waals surface area contributed by atoms with E-state index in [1.54, 1.807) is 6.42 Å². The zero-order valence-electron chi connectivity index (χ0n) is 6.70. The van der Waals surface area contributed by atoms with Gasteiger partial charge < -0.3 is 4.74 Å². The van der Waals surface area contributed by atoms with Crippen molar-refractivity contribution in [3.63, 3.8) is 0 Å². The smallest absolute Gasteiger partial charge is 0.0844 e. The second-order valence-electron chi connectivity index (χ2n) is 4.93. The number of hydrogen-bond donors (Lipinski definition) is 0. The first-order valence-corrected chi connectivity index (χ1v) is 5.09. The molecule has 0 radical (unpaired) electrons. The SMILES string of the molecule is C1CC2OC2CC1C1C2CC21. The Morgan fingerprint density at radius 1 is 0.909 bits per heavy atom. The molecule has 4 rings (SSSR count). The average molecular weight is 150 g/mol. The van der Waals surface area contributed by atoms with Crippen LogP contribution in [0.4, 0.5) is 0 Å². The monoisotopic (exact) mass is 150 g/mol. The third-order valence-electron chi connectivity index (χ3n) is 4.33. The lowest BCUT2D eigenvalue weighted by atomic mass is 9.82. The van der Waals surface area contributed by atoms with Crippen LogP contribution in [0.25, 0.3) is 0 Å². The Kier molecular flexibility index (Phi) is 0.769. The van der Waals surface area contributed by atoms with E-state index in [0.717, 1.165) is 5.92 Å². The van der Waals surface area contributed by atoms with Crippen LogP contribution in [0.1, 0.15) is 25.7 Å². The molecule has 60 valence electrons. The van der Waals surface area contributed by atoms with Crippen molar-refractivity contribution >= 4 is 0 Å². The van der Waals surface area contributed by atoms with E-state index >= 15 is 0 Å². The molecule has 0 aromatic rings. The summed E-state index contributed by atoms with van der Waals surface area (Å²) >= 11 is 0. The third-order valence-corrected chi connectivity index (χ3v) is 4.33. The normalized spacial score (nSPS) is 69.8. The van der Waals surface area contributed by atoms with Gasteiger partial charge in [-0.1, -0.05) is 0 Å². The molecule has 0 bridgehead atoms. The molecule has 3 saturated carbocycles. The summed E-state index contributed by atoms with van der Waals surface area (Å²) < 4.78 is 5.54. The molecule has 4 aliphatic rings. The molecule has 5 atom stereocenters. The van der Waals surface area contributed by atoms with Crippen LogP contribution in [0.2, 0.25) is 0 Å². The predicted octanol–water partition coefficient (Wildman–Crippen LogP) is 1.82. The van der Waals surface area contributed by atoms with Gasteiger partial charge in [0.05, 0.1) is 12.2 Å². The van der Waals surface area contributed by atoms with Crippen LogP contribution in [0.3, 0.4) is 0 Å². The van der Waals surface area contributed by atoms with Gasteiger partial charge in [-0.3, -0.25) is 0 Å². The lowest BCUT2D eigenvalue weighted by Gasteiger charge is -2.21. The molecule has 0 aromatic carbocycles. The van der Waals surface area contributed by atoms with Crippen molar-refractivity contribution in [2.45, 2.75) is 37.9 Å². The minimum atomic E-state index is 0.710. The highest BCUT2D eigenvalue weighted by Gasteiger charge is 2.67. The van der Waals surface area contributed by atoms with Crippen molar-refractivity contribution < 1.29 is 4.74 Å². The molecule has 11 heavy (non-hydrogen) atoms. The van der Waals surface area contributed by atoms with Gasteiger partial charge in [-0.05, 0) is 49.4 Å². The van der Waals surface area contributed by atoms with Gasteiger partial charge >= 0.3 is 0 Å². The van der Waals surface area contributed by atoms with E-state index < -0.39 is 0 Å². The summed E-state index contributed by atoms with van der Waals surface area (Å²) in [5.74, 6) is 4.67. The molecular weight excluding hydrogens is 136 g/mol. The number of ether oxygens (including phenoxy) is 1. The first-order chi connectivity index (χ1) is 5.43. The second kappa shape index (κ2) is 1.52. The summed E-state index contributed by atoms with van der Waals surface area (Å²) in [5, 5.41) is 0. The Bertz CT molecular complexity index is 205. The molecule has 0 spiro atoms. The maximum Gasteiger partial charge on any atom is 0.0844 e. The molecule has 4 fully saturated rings. The maximum atomic E-state index is 5.54. The molecule has 0 N–H and O–H groups in total. The van der Waals surface area contributed by atoms with E-state index in [0.29, 0.717) is 12.2 Å². The fourth-order valence-electron chi connectivity index (χ4n) is 3.31. The van der Waals surface area contributed by atoms with Crippen molar-refractivity contribution in [2.24, 2.45) is 23.7 Å². The molecule has 1 heterocycles. The maximum absolute atomic E-state index is 5.54. The Labute approximate surface area is 67.1 Å². The van der Waals surface area contributed by atoms with Gasteiger partial charge in [0, 0.05) is 0 Å². The van der Waals surface area contributed by atoms with Crippen molar-refractivity contribution in [1.82, 2.24) is 0 Å². The van der Waals surface area contributed by atoms with Crippen LogP contribution in [0.15, 0.2) is 0 Å². The molecule has 1 nitrogen and oxygen atoms in total. The van der Waals surface area contributed by atoms with E-state index in [1.807, 2.05) is 0 Å². The summed E-state index contributed by atoms with van der Waals surface area (Å²) in [6, 6.07) is 0. The van der Waals surface area contributed by atoms with Crippen molar-refractivity contribution in [3.8, 4) is 0 Å². The van der Waals surface area contributed by atoms with E-state index in [1.165, 1.54) is 37.0 Å². The van der Waals surface area contributed by atoms with Crippen LogP contribution in [0, 0.1) is 23.7 Å². The predicted molar refractivity (Wildman–Crippen MR) is 41.1 cm³/mol. The van der Waals surface area contributed by atoms with E-state index in [4.69, 9.17) is 4.74 Å². The number of rotatable bonds is 1. The standard InChI is InChI=1S/C10H14O/c1-2-8-9(11-8)3-5(1)10-6-4-7(6)10/h5-10H,1-4H2. The van der Waals surface area contributed by atoms with Crippen molar-refractivity contribution in [2.75, 3.05) is 0 Å². The van der Waals surface area contributed by atoms with Crippen LogP contribution in [-0.4, -0.2) is 12.2 Å². The van der Waals surface area contributed by atoms with Gasteiger partial charge in [-0.25, -0.2) is 0 Å². The highest BCUT2D eigenvalue weighted by Crippen LogP contribution is 2.72. The molecule has 1 saturated heterocycles. The molecule has 1 heteroatoms. The average Bonchev–Trinajstić information content (AvgIpc) is 2.83. The summed E-state index contributed by atoms with van der Waals surface area (Å²) in [6.45, 7) is 0. The third kappa shape index (κ3) is 0.658. The summed E-state index contributed by atoms with van der Waals surface area (Å²) in [7, 11) is 0. The Hall–Kier alpha value is -0.0400. The largest absolute Gasteiger partial charge is 0.370 e. The lowest BCUT2D eigenvalue weighted by molar-refractivity contribution is 0.298. The highest BCUT2D eigenvalue weighted by atomic mass is 16.6. The molecular formula is C10H14O. The Morgan fingerprint density at radius 3 is 2.45 bits per heavy atom. The minimum absolute atomic E-state index is 0.710. The molecule has 0 amide bonds.